The molecule has 0 amide bonds. The van der Waals surface area contributed by atoms with Gasteiger partial charge in [-0.2, -0.15) is 0 Å². The second-order valence-corrected chi connectivity index (χ2v) is 7.07. The average Bonchev–Trinajstić information content (AvgIpc) is 3.14. The van der Waals surface area contributed by atoms with E-state index in [-0.39, 0.29) is 6.54 Å². The smallest absolute Gasteiger partial charge is 0.388 e. The molecule has 0 atom stereocenters. The Morgan fingerprint density at radius 3 is 2.60 bits per heavy atom. The van der Waals surface area contributed by atoms with Crippen molar-refractivity contribution in [3.8, 4) is 0 Å². The molecule has 0 spiro atoms. The SMILES string of the molecule is O=C1OC(O)(CNCCCCCCc2ccc3sccc3c2)OC1=O. The molecule has 1 fully saturated rings. The van der Waals surface area contributed by atoms with Crippen LogP contribution in [0.5, 0.6) is 0 Å². The maximum atomic E-state index is 10.9. The predicted octanol–water partition coefficient (Wildman–Crippen LogP) is 2.34. The van der Waals surface area contributed by atoms with Gasteiger partial charge in [0.2, 0.25) is 0 Å². The van der Waals surface area contributed by atoms with Crippen LogP contribution in [0.3, 0.4) is 0 Å². The highest BCUT2D eigenvalue weighted by atomic mass is 32.1. The molecule has 1 aromatic carbocycles. The van der Waals surface area contributed by atoms with Gasteiger partial charge in [-0.05, 0) is 54.3 Å². The molecule has 0 bridgehead atoms. The molecule has 134 valence electrons. The van der Waals surface area contributed by atoms with Crippen molar-refractivity contribution in [1.29, 1.82) is 0 Å². The van der Waals surface area contributed by atoms with Crippen molar-refractivity contribution in [2.45, 2.75) is 38.1 Å². The number of hydrogen-bond acceptors (Lipinski definition) is 7. The molecule has 25 heavy (non-hydrogen) atoms. The predicted molar refractivity (Wildman–Crippen MR) is 94.0 cm³/mol. The molecule has 6 nitrogen and oxygen atoms in total. The van der Waals surface area contributed by atoms with E-state index in [9.17, 15) is 14.7 Å². The lowest BCUT2D eigenvalue weighted by atomic mass is 10.0. The number of ether oxygens (including phenoxy) is 2. The number of rotatable bonds is 9. The summed E-state index contributed by atoms with van der Waals surface area (Å²) in [5.74, 6) is -4.48. The van der Waals surface area contributed by atoms with Gasteiger partial charge in [-0.25, -0.2) is 9.59 Å². The van der Waals surface area contributed by atoms with E-state index < -0.39 is 17.9 Å². The number of benzene rings is 1. The minimum Gasteiger partial charge on any atom is -0.388 e. The van der Waals surface area contributed by atoms with Crippen LogP contribution in [-0.2, 0) is 25.5 Å². The average molecular weight is 363 g/mol. The molecule has 2 aromatic rings. The summed E-state index contributed by atoms with van der Waals surface area (Å²) in [7, 11) is 0. The number of esters is 2. The topological polar surface area (TPSA) is 84.9 Å². The van der Waals surface area contributed by atoms with Gasteiger partial charge in [0.15, 0.2) is 0 Å². The summed E-state index contributed by atoms with van der Waals surface area (Å²) in [6.07, 6.45) is 5.32. The van der Waals surface area contributed by atoms with E-state index in [2.05, 4.69) is 44.4 Å². The summed E-state index contributed by atoms with van der Waals surface area (Å²) in [6.45, 7) is 0.531. The normalized spacial score (nSPS) is 16.2. The highest BCUT2D eigenvalue weighted by Gasteiger charge is 2.47. The van der Waals surface area contributed by atoms with Gasteiger partial charge in [0.05, 0.1) is 0 Å². The molecule has 0 radical (unpaired) electrons. The number of aliphatic hydroxyl groups is 1. The molecule has 2 N–H and O–H groups in total. The molecule has 0 aliphatic carbocycles. The summed E-state index contributed by atoms with van der Waals surface area (Å²) in [5.41, 5.74) is 1.37. The number of unbranched alkanes of at least 4 members (excludes halogenated alkanes) is 3. The molecular weight excluding hydrogens is 342 g/mol. The second-order valence-electron chi connectivity index (χ2n) is 6.13. The molecule has 7 heteroatoms. The monoisotopic (exact) mass is 363 g/mol. The van der Waals surface area contributed by atoms with Crippen molar-refractivity contribution in [3.05, 3.63) is 35.2 Å². The highest BCUT2D eigenvalue weighted by Crippen LogP contribution is 2.22. The summed E-state index contributed by atoms with van der Waals surface area (Å²) < 4.78 is 10.3. The van der Waals surface area contributed by atoms with E-state index in [1.165, 1.54) is 15.6 Å². The van der Waals surface area contributed by atoms with Gasteiger partial charge >= 0.3 is 17.9 Å². The van der Waals surface area contributed by atoms with Crippen LogP contribution in [0, 0.1) is 0 Å². The van der Waals surface area contributed by atoms with Crippen LogP contribution in [0.2, 0.25) is 0 Å². The minimum absolute atomic E-state index is 0.120. The summed E-state index contributed by atoms with van der Waals surface area (Å²) in [6, 6.07) is 8.80. The number of fused-ring (bicyclic) bond motifs is 1. The van der Waals surface area contributed by atoms with Gasteiger partial charge in [0.1, 0.15) is 6.54 Å². The number of cyclic esters (lactones) is 2. The Morgan fingerprint density at radius 1 is 1.04 bits per heavy atom. The number of aryl methyl sites for hydroxylation is 1. The van der Waals surface area contributed by atoms with Gasteiger partial charge in [-0.1, -0.05) is 25.0 Å². The third kappa shape index (κ3) is 4.78. The lowest BCUT2D eigenvalue weighted by Crippen LogP contribution is -2.42. The van der Waals surface area contributed by atoms with Crippen LogP contribution < -0.4 is 5.32 Å². The molecule has 2 heterocycles. The van der Waals surface area contributed by atoms with Crippen molar-refractivity contribution in [3.63, 3.8) is 0 Å². The molecule has 1 aromatic heterocycles. The lowest BCUT2D eigenvalue weighted by molar-refractivity contribution is -0.287. The van der Waals surface area contributed by atoms with E-state index in [4.69, 9.17) is 0 Å². The van der Waals surface area contributed by atoms with Gasteiger partial charge < -0.3 is 19.9 Å². The standard InChI is InChI=1S/C18H21NO5S/c20-16-17(21)24-18(22,23-16)12-19-9-4-2-1-3-5-13-6-7-15-14(11-13)8-10-25-15/h6-8,10-11,19,22H,1-5,9,12H2. The van der Waals surface area contributed by atoms with Crippen molar-refractivity contribution in [2.24, 2.45) is 0 Å². The summed E-state index contributed by atoms with van der Waals surface area (Å²) in [5, 5.41) is 16.1. The Bertz CT molecular complexity index is 741. The van der Waals surface area contributed by atoms with Gasteiger partial charge in [-0.3, -0.25) is 0 Å². The zero-order valence-electron chi connectivity index (χ0n) is 13.8. The molecule has 0 saturated carbocycles. The van der Waals surface area contributed by atoms with Crippen LogP contribution in [0.1, 0.15) is 31.2 Å². The Labute approximate surface area is 149 Å². The van der Waals surface area contributed by atoms with Crippen LogP contribution in [0.15, 0.2) is 29.6 Å². The molecule has 1 aliphatic rings. The fourth-order valence-corrected chi connectivity index (χ4v) is 3.59. The largest absolute Gasteiger partial charge is 0.422 e. The van der Waals surface area contributed by atoms with Gasteiger partial charge in [0, 0.05) is 4.70 Å². The van der Waals surface area contributed by atoms with Crippen molar-refractivity contribution < 1.29 is 24.2 Å². The highest BCUT2D eigenvalue weighted by molar-refractivity contribution is 7.17. The van der Waals surface area contributed by atoms with E-state index in [1.54, 1.807) is 11.3 Å². The van der Waals surface area contributed by atoms with Crippen molar-refractivity contribution in [1.82, 2.24) is 5.32 Å². The third-order valence-electron chi connectivity index (χ3n) is 4.11. The van der Waals surface area contributed by atoms with Gasteiger partial charge in [-0.15, -0.1) is 11.3 Å². The van der Waals surface area contributed by atoms with Crippen LogP contribution in [0.25, 0.3) is 10.1 Å². The van der Waals surface area contributed by atoms with E-state index >= 15 is 0 Å². The maximum absolute atomic E-state index is 10.9. The first kappa shape index (κ1) is 17.8. The fourth-order valence-electron chi connectivity index (χ4n) is 2.82. The first-order chi connectivity index (χ1) is 12.1. The zero-order chi connectivity index (χ0) is 17.7. The van der Waals surface area contributed by atoms with E-state index in [1.807, 2.05) is 0 Å². The Morgan fingerprint density at radius 2 is 1.80 bits per heavy atom. The van der Waals surface area contributed by atoms with Gasteiger partial charge in [0.25, 0.3) is 0 Å². The molecular formula is C18H21NO5S. The second kappa shape index (κ2) is 7.95. The van der Waals surface area contributed by atoms with Crippen molar-refractivity contribution in [2.75, 3.05) is 13.1 Å². The molecule has 3 rings (SSSR count). The number of nitrogens with one attached hydrogen (secondary N) is 1. The number of thiophene rings is 1. The third-order valence-corrected chi connectivity index (χ3v) is 5.00. The lowest BCUT2D eigenvalue weighted by Gasteiger charge is -2.18. The Hall–Kier alpha value is -1.96. The zero-order valence-corrected chi connectivity index (χ0v) is 14.6. The maximum Gasteiger partial charge on any atom is 0.422 e. The first-order valence-electron chi connectivity index (χ1n) is 8.41. The van der Waals surface area contributed by atoms with Crippen LogP contribution >= 0.6 is 11.3 Å². The number of carbonyl (C=O) groups is 2. The molecule has 0 unspecified atom stereocenters. The number of hydrogen-bond donors (Lipinski definition) is 2. The Balaban J connectivity index is 1.25. The van der Waals surface area contributed by atoms with Crippen LogP contribution in [0.4, 0.5) is 0 Å². The molecule has 1 aliphatic heterocycles. The number of carbonyl (C=O) groups excluding carboxylic acids is 2. The summed E-state index contributed by atoms with van der Waals surface area (Å²) >= 11 is 1.76. The molecule has 1 saturated heterocycles. The van der Waals surface area contributed by atoms with Crippen molar-refractivity contribution >= 4 is 33.4 Å². The van der Waals surface area contributed by atoms with E-state index in [0.717, 1.165) is 32.1 Å². The minimum atomic E-state index is -2.16. The fraction of sp³-hybridized carbons (Fsp3) is 0.444. The first-order valence-corrected chi connectivity index (χ1v) is 9.29. The summed E-state index contributed by atoms with van der Waals surface area (Å²) in [4.78, 5) is 21.8. The Kier molecular flexibility index (Phi) is 5.67. The quantitative estimate of drug-likeness (QED) is 0.404. The van der Waals surface area contributed by atoms with Crippen LogP contribution in [-0.4, -0.2) is 36.1 Å². The van der Waals surface area contributed by atoms with E-state index in [0.29, 0.717) is 6.54 Å².